The average molecular weight is 349 g/mol. The summed E-state index contributed by atoms with van der Waals surface area (Å²) in [4.78, 5) is 26.7. The third-order valence-corrected chi connectivity index (χ3v) is 3.89. The highest BCUT2D eigenvalue weighted by molar-refractivity contribution is 6.08. The minimum absolute atomic E-state index is 0.111. The molecule has 6 nitrogen and oxygen atoms in total. The van der Waals surface area contributed by atoms with E-state index in [4.69, 9.17) is 4.52 Å². The van der Waals surface area contributed by atoms with Crippen molar-refractivity contribution in [3.8, 4) is 0 Å². The molecule has 3 rings (SSSR count). The number of aromatic nitrogens is 1. The van der Waals surface area contributed by atoms with Crippen LogP contribution in [0, 0.1) is 6.92 Å². The first kappa shape index (κ1) is 17.4. The van der Waals surface area contributed by atoms with Crippen LogP contribution in [0.5, 0.6) is 0 Å². The molecule has 6 heteroatoms. The molecule has 0 unspecified atom stereocenters. The van der Waals surface area contributed by atoms with Crippen LogP contribution >= 0.6 is 0 Å². The number of amides is 2. The molecule has 0 aliphatic carbocycles. The number of hydrogen-bond acceptors (Lipinski definition) is 4. The second kappa shape index (κ2) is 7.65. The molecule has 0 bridgehead atoms. The number of carbonyl (C=O) groups is 2. The lowest BCUT2D eigenvalue weighted by atomic mass is 10.0. The average Bonchev–Trinajstić information content (AvgIpc) is 3.05. The summed E-state index contributed by atoms with van der Waals surface area (Å²) in [7, 11) is 0. The Bertz CT molecular complexity index is 956. The van der Waals surface area contributed by atoms with E-state index in [9.17, 15) is 9.59 Å². The Balaban J connectivity index is 1.81. The molecule has 3 aromatic rings. The molecule has 1 aromatic heterocycles. The molecule has 1 N–H and O–H groups in total. The van der Waals surface area contributed by atoms with Crippen LogP contribution in [0.4, 0.5) is 5.82 Å². The number of anilines is 1. The van der Waals surface area contributed by atoms with Gasteiger partial charge in [-0.2, -0.15) is 0 Å². The van der Waals surface area contributed by atoms with Crippen molar-refractivity contribution in [3.63, 3.8) is 0 Å². The fourth-order valence-corrected chi connectivity index (χ4v) is 2.74. The van der Waals surface area contributed by atoms with Gasteiger partial charge in [0.2, 0.25) is 5.91 Å². The number of carbonyl (C=O) groups excluding carboxylic acids is 2. The topological polar surface area (TPSA) is 75.4 Å². The summed E-state index contributed by atoms with van der Waals surface area (Å²) >= 11 is 0. The van der Waals surface area contributed by atoms with Crippen molar-refractivity contribution in [2.24, 2.45) is 0 Å². The first-order valence-electron chi connectivity index (χ1n) is 8.19. The summed E-state index contributed by atoms with van der Waals surface area (Å²) in [6, 6.07) is 14.8. The fourth-order valence-electron chi connectivity index (χ4n) is 2.74. The normalized spacial score (nSPS) is 10.5. The van der Waals surface area contributed by atoms with E-state index in [0.717, 1.165) is 10.8 Å². The van der Waals surface area contributed by atoms with E-state index >= 15 is 0 Å². The summed E-state index contributed by atoms with van der Waals surface area (Å²) in [6.45, 7) is 5.56. The molecule has 132 valence electrons. The van der Waals surface area contributed by atoms with Crippen molar-refractivity contribution >= 4 is 28.4 Å². The van der Waals surface area contributed by atoms with Crippen molar-refractivity contribution in [3.05, 3.63) is 72.5 Å². The van der Waals surface area contributed by atoms with Crippen LogP contribution in [0.2, 0.25) is 0 Å². The minimum atomic E-state index is -0.353. The second-order valence-electron chi connectivity index (χ2n) is 5.87. The molecule has 0 aliphatic heterocycles. The number of nitrogens with one attached hydrogen (secondary N) is 1. The smallest absolute Gasteiger partial charge is 0.255 e. The number of aryl methyl sites for hydroxylation is 1. The summed E-state index contributed by atoms with van der Waals surface area (Å²) in [5, 5.41) is 8.17. The third-order valence-electron chi connectivity index (χ3n) is 3.89. The van der Waals surface area contributed by atoms with Crippen LogP contribution in [0.3, 0.4) is 0 Å². The van der Waals surface area contributed by atoms with E-state index < -0.39 is 0 Å². The molecule has 0 fully saturated rings. The Labute approximate surface area is 151 Å². The van der Waals surface area contributed by atoms with Crippen molar-refractivity contribution in [2.75, 3.05) is 18.4 Å². The monoisotopic (exact) mass is 349 g/mol. The minimum Gasteiger partial charge on any atom is -0.360 e. The summed E-state index contributed by atoms with van der Waals surface area (Å²) in [5.41, 5.74) is 0.551. The predicted molar refractivity (Wildman–Crippen MR) is 99.9 cm³/mol. The number of benzene rings is 2. The van der Waals surface area contributed by atoms with E-state index in [0.29, 0.717) is 17.1 Å². The summed E-state index contributed by atoms with van der Waals surface area (Å²) in [5.74, 6) is 0.334. The van der Waals surface area contributed by atoms with Gasteiger partial charge in [0, 0.05) is 18.2 Å². The van der Waals surface area contributed by atoms with E-state index in [1.807, 2.05) is 36.4 Å². The first-order valence-corrected chi connectivity index (χ1v) is 8.19. The molecule has 0 spiro atoms. The van der Waals surface area contributed by atoms with Gasteiger partial charge in [-0.15, -0.1) is 6.58 Å². The van der Waals surface area contributed by atoms with Crippen LogP contribution < -0.4 is 5.32 Å². The SMILES string of the molecule is C=CCN(CC(=O)Nc1cc(C)on1)C(=O)c1cccc2ccccc12. The highest BCUT2D eigenvalue weighted by atomic mass is 16.5. The molecule has 0 saturated heterocycles. The zero-order valence-electron chi connectivity index (χ0n) is 14.4. The van der Waals surface area contributed by atoms with Gasteiger partial charge in [-0.25, -0.2) is 0 Å². The molecule has 26 heavy (non-hydrogen) atoms. The van der Waals surface area contributed by atoms with Crippen LogP contribution in [0.1, 0.15) is 16.1 Å². The largest absolute Gasteiger partial charge is 0.360 e. The van der Waals surface area contributed by atoms with E-state index in [-0.39, 0.29) is 24.9 Å². The zero-order chi connectivity index (χ0) is 18.5. The zero-order valence-corrected chi connectivity index (χ0v) is 14.4. The van der Waals surface area contributed by atoms with Gasteiger partial charge in [-0.1, -0.05) is 47.6 Å². The molecular formula is C20H19N3O3. The lowest BCUT2D eigenvalue weighted by molar-refractivity contribution is -0.116. The Morgan fingerprint density at radius 1 is 1.23 bits per heavy atom. The van der Waals surface area contributed by atoms with Crippen molar-refractivity contribution < 1.29 is 14.1 Å². The van der Waals surface area contributed by atoms with E-state index in [2.05, 4.69) is 17.1 Å². The van der Waals surface area contributed by atoms with Crippen LogP contribution in [0.25, 0.3) is 10.8 Å². The predicted octanol–water partition coefficient (Wildman–Crippen LogP) is 3.40. The van der Waals surface area contributed by atoms with Crippen LogP contribution in [0.15, 0.2) is 65.7 Å². The van der Waals surface area contributed by atoms with Crippen LogP contribution in [-0.4, -0.2) is 35.0 Å². The molecule has 2 amide bonds. The Kier molecular flexibility index (Phi) is 5.12. The van der Waals surface area contributed by atoms with E-state index in [1.54, 1.807) is 25.1 Å². The van der Waals surface area contributed by atoms with Gasteiger partial charge in [0.1, 0.15) is 12.3 Å². The number of nitrogens with zero attached hydrogens (tertiary/aromatic N) is 2. The fraction of sp³-hybridized carbons (Fsp3) is 0.150. The number of rotatable bonds is 6. The first-order chi connectivity index (χ1) is 12.6. The quantitative estimate of drug-likeness (QED) is 0.692. The Hall–Kier alpha value is -3.41. The molecular weight excluding hydrogens is 330 g/mol. The lowest BCUT2D eigenvalue weighted by Crippen LogP contribution is -2.38. The Morgan fingerprint density at radius 2 is 2.00 bits per heavy atom. The van der Waals surface area contributed by atoms with Gasteiger partial charge in [0.05, 0.1) is 0 Å². The molecule has 0 atom stereocenters. The highest BCUT2D eigenvalue weighted by Crippen LogP contribution is 2.20. The van der Waals surface area contributed by atoms with Crippen LogP contribution in [-0.2, 0) is 4.79 Å². The maximum absolute atomic E-state index is 13.0. The van der Waals surface area contributed by atoms with Gasteiger partial charge in [-0.3, -0.25) is 9.59 Å². The molecule has 0 saturated carbocycles. The van der Waals surface area contributed by atoms with Crippen molar-refractivity contribution in [1.29, 1.82) is 0 Å². The van der Waals surface area contributed by atoms with E-state index in [1.165, 1.54) is 4.90 Å². The third kappa shape index (κ3) is 3.80. The summed E-state index contributed by atoms with van der Waals surface area (Å²) in [6.07, 6.45) is 1.59. The molecule has 2 aromatic carbocycles. The molecule has 0 aliphatic rings. The van der Waals surface area contributed by atoms with Crippen molar-refractivity contribution in [1.82, 2.24) is 10.1 Å². The standard InChI is InChI=1S/C20H19N3O3/c1-3-11-23(13-19(24)21-18-12-14(2)26-22-18)20(25)17-10-6-8-15-7-4-5-9-16(15)17/h3-10,12H,1,11,13H2,2H3,(H,21,22,24). The highest BCUT2D eigenvalue weighted by Gasteiger charge is 2.20. The molecule has 1 heterocycles. The van der Waals surface area contributed by atoms with Crippen molar-refractivity contribution in [2.45, 2.75) is 6.92 Å². The second-order valence-corrected chi connectivity index (χ2v) is 5.87. The number of hydrogen-bond donors (Lipinski definition) is 1. The lowest BCUT2D eigenvalue weighted by Gasteiger charge is -2.21. The van der Waals surface area contributed by atoms with Gasteiger partial charge in [-0.05, 0) is 23.8 Å². The Morgan fingerprint density at radius 3 is 2.73 bits per heavy atom. The molecule has 0 radical (unpaired) electrons. The maximum atomic E-state index is 13.0. The number of fused-ring (bicyclic) bond motifs is 1. The van der Waals surface area contributed by atoms with Gasteiger partial charge < -0.3 is 14.7 Å². The van der Waals surface area contributed by atoms with Gasteiger partial charge in [0.15, 0.2) is 5.82 Å². The van der Waals surface area contributed by atoms with Gasteiger partial charge >= 0.3 is 0 Å². The summed E-state index contributed by atoms with van der Waals surface area (Å²) < 4.78 is 4.92. The maximum Gasteiger partial charge on any atom is 0.255 e. The van der Waals surface area contributed by atoms with Gasteiger partial charge in [0.25, 0.3) is 5.91 Å².